The second kappa shape index (κ2) is 5.19. The number of aromatic nitrogens is 1. The van der Waals surface area contributed by atoms with Gasteiger partial charge in [-0.15, -0.1) is 11.3 Å². The van der Waals surface area contributed by atoms with E-state index < -0.39 is 0 Å². The normalized spacial score (nSPS) is 12.5. The van der Waals surface area contributed by atoms with Gasteiger partial charge in [-0.05, 0) is 38.5 Å². The third kappa shape index (κ3) is 3.07. The lowest BCUT2D eigenvalue weighted by Gasteiger charge is -2.15. The number of thiazole rings is 1. The van der Waals surface area contributed by atoms with Gasteiger partial charge in [0.25, 0.3) is 0 Å². The van der Waals surface area contributed by atoms with E-state index in [1.807, 2.05) is 6.92 Å². The molecule has 0 bridgehead atoms. The zero-order chi connectivity index (χ0) is 12.4. The van der Waals surface area contributed by atoms with E-state index in [-0.39, 0.29) is 6.04 Å². The molecule has 0 amide bonds. The van der Waals surface area contributed by atoms with Crippen molar-refractivity contribution in [2.45, 2.75) is 26.8 Å². The quantitative estimate of drug-likeness (QED) is 0.889. The summed E-state index contributed by atoms with van der Waals surface area (Å²) in [5.41, 5.74) is 3.50. The number of halogens is 1. The van der Waals surface area contributed by atoms with Crippen LogP contribution in [0.15, 0.2) is 28.1 Å². The molecule has 0 aliphatic heterocycles. The molecular weight excluding hydrogens is 296 g/mol. The monoisotopic (exact) mass is 310 g/mol. The van der Waals surface area contributed by atoms with Crippen LogP contribution in [0.4, 0.5) is 5.69 Å². The van der Waals surface area contributed by atoms with Gasteiger partial charge in [0, 0.05) is 15.5 Å². The molecule has 0 fully saturated rings. The Labute approximate surface area is 114 Å². The minimum Gasteiger partial charge on any atom is -0.377 e. The third-order valence-corrected chi connectivity index (χ3v) is 3.94. The van der Waals surface area contributed by atoms with E-state index in [0.29, 0.717) is 0 Å². The van der Waals surface area contributed by atoms with Gasteiger partial charge in [0.05, 0.1) is 16.7 Å². The third-order valence-electron chi connectivity index (χ3n) is 2.65. The van der Waals surface area contributed by atoms with Gasteiger partial charge in [0.15, 0.2) is 0 Å². The summed E-state index contributed by atoms with van der Waals surface area (Å²) in [4.78, 5) is 4.50. The van der Waals surface area contributed by atoms with Gasteiger partial charge in [-0.1, -0.05) is 22.0 Å². The molecule has 1 heterocycles. The standard InChI is InChI=1S/C13H15BrN2S/c1-8-4-5-11(14)6-12(8)15-9(2)13-7-17-10(3)16-13/h4-7,9,15H,1-3H3. The van der Waals surface area contributed by atoms with Crippen molar-refractivity contribution in [2.24, 2.45) is 0 Å². The summed E-state index contributed by atoms with van der Waals surface area (Å²) in [6.45, 7) is 6.27. The van der Waals surface area contributed by atoms with Crippen LogP contribution in [0.2, 0.25) is 0 Å². The van der Waals surface area contributed by atoms with Crippen molar-refractivity contribution in [3.63, 3.8) is 0 Å². The van der Waals surface area contributed by atoms with Crippen LogP contribution in [0, 0.1) is 13.8 Å². The van der Waals surface area contributed by atoms with E-state index >= 15 is 0 Å². The highest BCUT2D eigenvalue weighted by atomic mass is 79.9. The summed E-state index contributed by atoms with van der Waals surface area (Å²) < 4.78 is 1.09. The number of hydrogen-bond acceptors (Lipinski definition) is 3. The summed E-state index contributed by atoms with van der Waals surface area (Å²) in [6.07, 6.45) is 0. The van der Waals surface area contributed by atoms with E-state index in [9.17, 15) is 0 Å². The predicted molar refractivity (Wildman–Crippen MR) is 77.8 cm³/mol. The summed E-state index contributed by atoms with van der Waals surface area (Å²) in [5, 5.41) is 6.72. The van der Waals surface area contributed by atoms with Crippen LogP contribution in [0.1, 0.15) is 29.2 Å². The number of benzene rings is 1. The maximum absolute atomic E-state index is 4.50. The summed E-state index contributed by atoms with van der Waals surface area (Å²) in [7, 11) is 0. The number of rotatable bonds is 3. The van der Waals surface area contributed by atoms with Gasteiger partial charge < -0.3 is 5.32 Å². The maximum Gasteiger partial charge on any atom is 0.0898 e. The second-order valence-corrected chi connectivity index (χ2v) is 6.09. The molecule has 0 radical (unpaired) electrons. The number of aryl methyl sites for hydroxylation is 2. The molecule has 0 aliphatic rings. The Balaban J connectivity index is 2.18. The molecule has 1 N–H and O–H groups in total. The van der Waals surface area contributed by atoms with Gasteiger partial charge in [0.2, 0.25) is 0 Å². The lowest BCUT2D eigenvalue weighted by Crippen LogP contribution is -2.08. The fourth-order valence-electron chi connectivity index (χ4n) is 1.64. The molecule has 0 spiro atoms. The second-order valence-electron chi connectivity index (χ2n) is 4.12. The van der Waals surface area contributed by atoms with Crippen molar-refractivity contribution in [3.05, 3.63) is 44.3 Å². The van der Waals surface area contributed by atoms with Crippen LogP contribution in [0.3, 0.4) is 0 Å². The van der Waals surface area contributed by atoms with Crippen LogP contribution in [0.5, 0.6) is 0 Å². The number of nitrogens with one attached hydrogen (secondary N) is 1. The lowest BCUT2D eigenvalue weighted by molar-refractivity contribution is 0.843. The van der Waals surface area contributed by atoms with Crippen LogP contribution in [-0.2, 0) is 0 Å². The maximum atomic E-state index is 4.50. The molecule has 0 aliphatic carbocycles. The highest BCUT2D eigenvalue weighted by molar-refractivity contribution is 9.10. The molecule has 1 unspecified atom stereocenters. The van der Waals surface area contributed by atoms with Crippen molar-refractivity contribution in [2.75, 3.05) is 5.32 Å². The van der Waals surface area contributed by atoms with Crippen molar-refractivity contribution in [1.29, 1.82) is 0 Å². The Bertz CT molecular complexity index is 522. The molecule has 1 atom stereocenters. The zero-order valence-electron chi connectivity index (χ0n) is 10.1. The molecule has 2 rings (SSSR count). The van der Waals surface area contributed by atoms with Gasteiger partial charge in [0.1, 0.15) is 0 Å². The molecule has 90 valence electrons. The SMILES string of the molecule is Cc1nc(C(C)Nc2cc(Br)ccc2C)cs1. The first-order chi connectivity index (χ1) is 8.06. The fourth-order valence-corrected chi connectivity index (χ4v) is 2.70. The summed E-state index contributed by atoms with van der Waals surface area (Å²) >= 11 is 5.18. The number of hydrogen-bond donors (Lipinski definition) is 1. The van der Waals surface area contributed by atoms with E-state index in [2.05, 4.69) is 63.7 Å². The molecule has 1 aromatic heterocycles. The molecule has 0 saturated carbocycles. The van der Waals surface area contributed by atoms with Crippen molar-refractivity contribution < 1.29 is 0 Å². The smallest absolute Gasteiger partial charge is 0.0898 e. The molecule has 1 aromatic carbocycles. The van der Waals surface area contributed by atoms with E-state index in [1.54, 1.807) is 11.3 Å². The van der Waals surface area contributed by atoms with E-state index in [4.69, 9.17) is 0 Å². The minimum atomic E-state index is 0.230. The average molecular weight is 311 g/mol. The highest BCUT2D eigenvalue weighted by Gasteiger charge is 2.10. The predicted octanol–water partition coefficient (Wildman–Crippen LogP) is 4.70. The Morgan fingerprint density at radius 2 is 2.12 bits per heavy atom. The summed E-state index contributed by atoms with van der Waals surface area (Å²) in [6, 6.07) is 6.49. The van der Waals surface area contributed by atoms with Crippen LogP contribution < -0.4 is 5.32 Å². The lowest BCUT2D eigenvalue weighted by atomic mass is 10.1. The topological polar surface area (TPSA) is 24.9 Å². The van der Waals surface area contributed by atoms with Gasteiger partial charge in [-0.2, -0.15) is 0 Å². The van der Waals surface area contributed by atoms with E-state index in [1.165, 1.54) is 5.56 Å². The Kier molecular flexibility index (Phi) is 3.84. The van der Waals surface area contributed by atoms with Gasteiger partial charge in [-0.3, -0.25) is 0 Å². The molecule has 17 heavy (non-hydrogen) atoms. The summed E-state index contributed by atoms with van der Waals surface area (Å²) in [5.74, 6) is 0. The Morgan fingerprint density at radius 1 is 1.35 bits per heavy atom. The number of anilines is 1. The van der Waals surface area contributed by atoms with Gasteiger partial charge in [-0.25, -0.2) is 4.98 Å². The van der Waals surface area contributed by atoms with Crippen molar-refractivity contribution in [3.8, 4) is 0 Å². The molecule has 2 nitrogen and oxygen atoms in total. The first-order valence-electron chi connectivity index (χ1n) is 5.51. The van der Waals surface area contributed by atoms with Gasteiger partial charge >= 0.3 is 0 Å². The molecular formula is C13H15BrN2S. The zero-order valence-corrected chi connectivity index (χ0v) is 12.5. The first kappa shape index (κ1) is 12.6. The fraction of sp³-hybridized carbons (Fsp3) is 0.308. The minimum absolute atomic E-state index is 0.230. The van der Waals surface area contributed by atoms with Crippen LogP contribution in [0.25, 0.3) is 0 Å². The number of nitrogens with zero attached hydrogens (tertiary/aromatic N) is 1. The van der Waals surface area contributed by atoms with E-state index in [0.717, 1.165) is 20.9 Å². The average Bonchev–Trinajstić information content (AvgIpc) is 2.70. The molecule has 0 saturated heterocycles. The molecule has 4 heteroatoms. The Morgan fingerprint density at radius 3 is 2.76 bits per heavy atom. The largest absolute Gasteiger partial charge is 0.377 e. The van der Waals surface area contributed by atoms with Crippen molar-refractivity contribution >= 4 is 33.0 Å². The Hall–Kier alpha value is -0.870. The first-order valence-corrected chi connectivity index (χ1v) is 7.18. The highest BCUT2D eigenvalue weighted by Crippen LogP contribution is 2.25. The van der Waals surface area contributed by atoms with Crippen molar-refractivity contribution in [1.82, 2.24) is 4.98 Å². The van der Waals surface area contributed by atoms with Crippen LogP contribution in [-0.4, -0.2) is 4.98 Å². The van der Waals surface area contributed by atoms with Crippen LogP contribution >= 0.6 is 27.3 Å². The molecule has 2 aromatic rings.